The number of ether oxygens (including phenoxy) is 3. The van der Waals surface area contributed by atoms with Crippen LogP contribution in [0.5, 0.6) is 17.2 Å². The van der Waals surface area contributed by atoms with Crippen molar-refractivity contribution < 1.29 is 23.5 Å². The highest BCUT2D eigenvalue weighted by Crippen LogP contribution is 2.29. The molecule has 3 aromatic rings. The van der Waals surface area contributed by atoms with Crippen LogP contribution >= 0.6 is 0 Å². The van der Waals surface area contributed by atoms with Crippen molar-refractivity contribution in [1.82, 2.24) is 15.0 Å². The third-order valence-corrected chi connectivity index (χ3v) is 4.85. The summed E-state index contributed by atoms with van der Waals surface area (Å²) in [6, 6.07) is 13.2. The first-order chi connectivity index (χ1) is 15.5. The molecule has 0 spiro atoms. The van der Waals surface area contributed by atoms with Gasteiger partial charge in [0.2, 0.25) is 17.6 Å². The molecule has 1 aromatic heterocycles. The van der Waals surface area contributed by atoms with Gasteiger partial charge in [0, 0.05) is 19.0 Å². The highest BCUT2D eigenvalue weighted by Gasteiger charge is 2.15. The third kappa shape index (κ3) is 6.00. The van der Waals surface area contributed by atoms with Gasteiger partial charge >= 0.3 is 0 Å². The van der Waals surface area contributed by atoms with E-state index in [0.29, 0.717) is 49.3 Å². The van der Waals surface area contributed by atoms with Crippen molar-refractivity contribution in [2.24, 2.45) is 0 Å². The normalized spacial score (nSPS) is 10.6. The molecule has 8 heteroatoms. The molecule has 1 heterocycles. The average Bonchev–Trinajstić information content (AvgIpc) is 3.27. The van der Waals surface area contributed by atoms with Gasteiger partial charge < -0.3 is 23.6 Å². The largest absolute Gasteiger partial charge is 0.497 e. The Morgan fingerprint density at radius 3 is 2.44 bits per heavy atom. The standard InChI is InChI=1S/C24H29N3O5/c1-5-30-20-13-7-17(15-21(20)31-6-2)8-14-23(28)27(3)16-22-25-24(26-32-22)18-9-11-19(29-4)12-10-18/h7,9-13,15H,5-6,8,14,16H2,1-4H3. The number of nitrogens with zero attached hydrogens (tertiary/aromatic N) is 3. The first-order valence-corrected chi connectivity index (χ1v) is 10.6. The second-order valence-corrected chi connectivity index (χ2v) is 7.14. The van der Waals surface area contributed by atoms with Crippen LogP contribution in [0.15, 0.2) is 47.0 Å². The van der Waals surface area contributed by atoms with Gasteiger partial charge in [-0.2, -0.15) is 4.98 Å². The van der Waals surface area contributed by atoms with Crippen LogP contribution in [0, 0.1) is 0 Å². The molecule has 0 aliphatic carbocycles. The zero-order valence-electron chi connectivity index (χ0n) is 19.0. The van der Waals surface area contributed by atoms with Crippen LogP contribution in [-0.2, 0) is 17.8 Å². The van der Waals surface area contributed by atoms with Gasteiger partial charge in [0.25, 0.3) is 0 Å². The molecular weight excluding hydrogens is 410 g/mol. The zero-order chi connectivity index (χ0) is 22.9. The molecule has 0 N–H and O–H groups in total. The lowest BCUT2D eigenvalue weighted by atomic mass is 10.1. The number of hydrogen-bond acceptors (Lipinski definition) is 7. The highest BCUT2D eigenvalue weighted by atomic mass is 16.5. The van der Waals surface area contributed by atoms with Crippen molar-refractivity contribution >= 4 is 5.91 Å². The first-order valence-electron chi connectivity index (χ1n) is 10.6. The monoisotopic (exact) mass is 439 g/mol. The summed E-state index contributed by atoms with van der Waals surface area (Å²) in [6.45, 7) is 5.22. The molecule has 2 aromatic carbocycles. The second kappa shape index (κ2) is 11.2. The lowest BCUT2D eigenvalue weighted by Gasteiger charge is -2.15. The van der Waals surface area contributed by atoms with Crippen LogP contribution in [0.1, 0.15) is 31.7 Å². The molecule has 32 heavy (non-hydrogen) atoms. The SMILES string of the molecule is CCOc1ccc(CCC(=O)N(C)Cc2nc(-c3ccc(OC)cc3)no2)cc1OCC. The second-order valence-electron chi connectivity index (χ2n) is 7.14. The molecule has 0 saturated heterocycles. The number of hydrogen-bond donors (Lipinski definition) is 0. The lowest BCUT2D eigenvalue weighted by molar-refractivity contribution is -0.130. The van der Waals surface area contributed by atoms with Crippen LogP contribution in [0.2, 0.25) is 0 Å². The van der Waals surface area contributed by atoms with E-state index in [4.69, 9.17) is 18.7 Å². The Hall–Kier alpha value is -3.55. The molecule has 170 valence electrons. The molecule has 0 unspecified atom stereocenters. The average molecular weight is 440 g/mol. The maximum absolute atomic E-state index is 12.6. The van der Waals surface area contributed by atoms with Crippen LogP contribution in [0.4, 0.5) is 0 Å². The van der Waals surface area contributed by atoms with Crippen molar-refractivity contribution in [2.75, 3.05) is 27.4 Å². The number of rotatable bonds is 11. The Labute approximate surface area is 188 Å². The molecule has 0 radical (unpaired) electrons. The molecule has 0 saturated carbocycles. The van der Waals surface area contributed by atoms with Gasteiger partial charge in [-0.1, -0.05) is 11.2 Å². The van der Waals surface area contributed by atoms with Gasteiger partial charge in [-0.25, -0.2) is 0 Å². The number of carbonyl (C=O) groups excluding carboxylic acids is 1. The number of aryl methyl sites for hydroxylation is 1. The predicted molar refractivity (Wildman–Crippen MR) is 120 cm³/mol. The zero-order valence-corrected chi connectivity index (χ0v) is 19.0. The fourth-order valence-electron chi connectivity index (χ4n) is 3.16. The molecule has 0 aliphatic heterocycles. The summed E-state index contributed by atoms with van der Waals surface area (Å²) in [5, 5.41) is 4.01. The fraction of sp³-hybridized carbons (Fsp3) is 0.375. The first kappa shape index (κ1) is 23.1. The maximum Gasteiger partial charge on any atom is 0.246 e. The summed E-state index contributed by atoms with van der Waals surface area (Å²) in [7, 11) is 3.34. The minimum absolute atomic E-state index is 0.0129. The van der Waals surface area contributed by atoms with Gasteiger partial charge in [0.05, 0.1) is 26.9 Å². The Morgan fingerprint density at radius 2 is 1.75 bits per heavy atom. The van der Waals surface area contributed by atoms with E-state index in [1.807, 2.05) is 56.3 Å². The Kier molecular flexibility index (Phi) is 8.08. The van der Waals surface area contributed by atoms with E-state index in [1.54, 1.807) is 19.1 Å². The molecule has 0 bridgehead atoms. The van der Waals surface area contributed by atoms with Gasteiger partial charge in [-0.15, -0.1) is 0 Å². The third-order valence-electron chi connectivity index (χ3n) is 4.85. The molecule has 1 amide bonds. The summed E-state index contributed by atoms with van der Waals surface area (Å²) in [6.07, 6.45) is 0.951. The van der Waals surface area contributed by atoms with Crippen molar-refractivity contribution in [3.8, 4) is 28.6 Å². The fourth-order valence-corrected chi connectivity index (χ4v) is 3.16. The van der Waals surface area contributed by atoms with E-state index in [1.165, 1.54) is 0 Å². The summed E-state index contributed by atoms with van der Waals surface area (Å²) >= 11 is 0. The summed E-state index contributed by atoms with van der Waals surface area (Å²) < 4.78 is 21.7. The van der Waals surface area contributed by atoms with E-state index in [0.717, 1.165) is 16.9 Å². The van der Waals surface area contributed by atoms with Gasteiger partial charge in [0.1, 0.15) is 5.75 Å². The Balaban J connectivity index is 1.56. The molecule has 0 fully saturated rings. The van der Waals surface area contributed by atoms with E-state index in [9.17, 15) is 4.79 Å². The Bertz CT molecular complexity index is 1020. The summed E-state index contributed by atoms with van der Waals surface area (Å²) in [4.78, 5) is 18.6. The smallest absolute Gasteiger partial charge is 0.246 e. The molecule has 8 nitrogen and oxygen atoms in total. The highest BCUT2D eigenvalue weighted by molar-refractivity contribution is 5.76. The number of benzene rings is 2. The van der Waals surface area contributed by atoms with Crippen molar-refractivity contribution in [2.45, 2.75) is 33.2 Å². The minimum Gasteiger partial charge on any atom is -0.497 e. The van der Waals surface area contributed by atoms with Crippen LogP contribution in [0.3, 0.4) is 0 Å². The van der Waals surface area contributed by atoms with E-state index in [-0.39, 0.29) is 12.5 Å². The lowest BCUT2D eigenvalue weighted by Crippen LogP contribution is -2.26. The molecule has 3 rings (SSSR count). The quantitative estimate of drug-likeness (QED) is 0.444. The van der Waals surface area contributed by atoms with Gasteiger partial charge in [0.15, 0.2) is 11.5 Å². The minimum atomic E-state index is -0.0129. The number of amides is 1. The maximum atomic E-state index is 12.6. The van der Waals surface area contributed by atoms with Crippen LogP contribution in [-0.4, -0.2) is 48.3 Å². The predicted octanol–water partition coefficient (Wildman–Crippen LogP) is 4.13. The van der Waals surface area contributed by atoms with Crippen molar-refractivity contribution in [1.29, 1.82) is 0 Å². The van der Waals surface area contributed by atoms with Crippen molar-refractivity contribution in [3.63, 3.8) is 0 Å². The van der Waals surface area contributed by atoms with E-state index >= 15 is 0 Å². The van der Waals surface area contributed by atoms with Crippen LogP contribution in [0.25, 0.3) is 11.4 Å². The summed E-state index contributed by atoms with van der Waals surface area (Å²) in [5.41, 5.74) is 1.83. The molecule has 0 aliphatic rings. The van der Waals surface area contributed by atoms with Crippen LogP contribution < -0.4 is 14.2 Å². The number of carbonyl (C=O) groups is 1. The number of methoxy groups -OCH3 is 1. The Morgan fingerprint density at radius 1 is 1.03 bits per heavy atom. The topological polar surface area (TPSA) is 86.9 Å². The summed E-state index contributed by atoms with van der Waals surface area (Å²) in [5.74, 6) is 3.01. The van der Waals surface area contributed by atoms with E-state index < -0.39 is 0 Å². The van der Waals surface area contributed by atoms with Gasteiger partial charge in [-0.05, 0) is 62.2 Å². The van der Waals surface area contributed by atoms with Crippen molar-refractivity contribution in [3.05, 3.63) is 53.9 Å². The van der Waals surface area contributed by atoms with E-state index in [2.05, 4.69) is 10.1 Å². The number of aromatic nitrogens is 2. The van der Waals surface area contributed by atoms with Gasteiger partial charge in [-0.3, -0.25) is 4.79 Å². The molecular formula is C24H29N3O5. The molecule has 0 atom stereocenters.